The van der Waals surface area contributed by atoms with Gasteiger partial charge in [0.25, 0.3) is 0 Å². The summed E-state index contributed by atoms with van der Waals surface area (Å²) in [4.78, 5) is 24.9. The van der Waals surface area contributed by atoms with E-state index in [0.29, 0.717) is 22.8 Å². The number of esters is 1. The molecule has 0 saturated carbocycles. The Balaban J connectivity index is 2.45. The maximum Gasteiger partial charge on any atom is 0.339 e. The zero-order chi connectivity index (χ0) is 13.3. The molecule has 2 rings (SSSR count). The van der Waals surface area contributed by atoms with Gasteiger partial charge in [-0.2, -0.15) is 0 Å². The van der Waals surface area contributed by atoms with E-state index >= 15 is 0 Å². The van der Waals surface area contributed by atoms with Gasteiger partial charge in [0.2, 0.25) is 5.91 Å². The van der Waals surface area contributed by atoms with Crippen LogP contribution in [0.5, 0.6) is 0 Å². The molecular weight excluding hydrogens is 256 g/mol. The van der Waals surface area contributed by atoms with Crippen LogP contribution >= 0.6 is 11.6 Å². The zero-order valence-electron chi connectivity index (χ0n) is 9.85. The standard InChI is InChI=1S/C12H13ClN2O3/c1-18-12(17)9-3-2-7(13)4-10(9)15-6-8(14)5-11(15)16/h2-4,8H,5-6,14H2,1H3. The molecule has 2 N–H and O–H groups in total. The molecule has 1 fully saturated rings. The fourth-order valence-corrected chi connectivity index (χ4v) is 2.15. The largest absolute Gasteiger partial charge is 0.465 e. The van der Waals surface area contributed by atoms with Crippen molar-refractivity contribution >= 4 is 29.2 Å². The molecule has 1 aliphatic rings. The lowest BCUT2D eigenvalue weighted by molar-refractivity contribution is -0.117. The van der Waals surface area contributed by atoms with Crippen LogP contribution < -0.4 is 10.6 Å². The van der Waals surface area contributed by atoms with Gasteiger partial charge in [-0.3, -0.25) is 4.79 Å². The molecular formula is C12H13ClN2O3. The van der Waals surface area contributed by atoms with Crippen molar-refractivity contribution < 1.29 is 14.3 Å². The van der Waals surface area contributed by atoms with Crippen molar-refractivity contribution in [1.82, 2.24) is 0 Å². The van der Waals surface area contributed by atoms with Gasteiger partial charge in [0.15, 0.2) is 0 Å². The van der Waals surface area contributed by atoms with Gasteiger partial charge in [0.05, 0.1) is 18.4 Å². The summed E-state index contributed by atoms with van der Waals surface area (Å²) in [6.45, 7) is 0.378. The summed E-state index contributed by atoms with van der Waals surface area (Å²) in [5.41, 5.74) is 6.50. The van der Waals surface area contributed by atoms with E-state index in [1.165, 1.54) is 12.0 Å². The first-order chi connectivity index (χ1) is 8.52. The predicted octanol–water partition coefficient (Wildman–Crippen LogP) is 1.19. The number of methoxy groups -OCH3 is 1. The Hall–Kier alpha value is -1.59. The fraction of sp³-hybridized carbons (Fsp3) is 0.333. The van der Waals surface area contributed by atoms with Crippen molar-refractivity contribution in [2.75, 3.05) is 18.6 Å². The molecule has 1 heterocycles. The highest BCUT2D eigenvalue weighted by Crippen LogP contribution is 2.28. The van der Waals surface area contributed by atoms with Gasteiger partial charge in [0.1, 0.15) is 0 Å². The number of anilines is 1. The van der Waals surface area contributed by atoms with Crippen LogP contribution in [0.15, 0.2) is 18.2 Å². The summed E-state index contributed by atoms with van der Waals surface area (Å²) in [6.07, 6.45) is 0.271. The predicted molar refractivity (Wildman–Crippen MR) is 67.7 cm³/mol. The average molecular weight is 269 g/mol. The minimum absolute atomic E-state index is 0.116. The van der Waals surface area contributed by atoms with Gasteiger partial charge in [-0.15, -0.1) is 0 Å². The van der Waals surface area contributed by atoms with Gasteiger partial charge < -0.3 is 15.4 Å². The van der Waals surface area contributed by atoms with E-state index in [0.717, 1.165) is 0 Å². The van der Waals surface area contributed by atoms with E-state index in [4.69, 9.17) is 17.3 Å². The van der Waals surface area contributed by atoms with Crippen LogP contribution in [-0.4, -0.2) is 31.6 Å². The molecule has 1 aromatic rings. The lowest BCUT2D eigenvalue weighted by Crippen LogP contribution is -2.29. The number of ether oxygens (including phenoxy) is 1. The van der Waals surface area contributed by atoms with Crippen LogP contribution in [0.3, 0.4) is 0 Å². The Labute approximate surface area is 109 Å². The third-order valence-corrected chi connectivity index (χ3v) is 3.05. The van der Waals surface area contributed by atoms with Crippen LogP contribution in [0.25, 0.3) is 0 Å². The highest BCUT2D eigenvalue weighted by molar-refractivity contribution is 6.31. The molecule has 1 atom stereocenters. The number of carbonyl (C=O) groups excluding carboxylic acids is 2. The molecule has 0 aliphatic carbocycles. The van der Waals surface area contributed by atoms with E-state index in [9.17, 15) is 9.59 Å². The monoisotopic (exact) mass is 268 g/mol. The Morgan fingerprint density at radius 2 is 2.28 bits per heavy atom. The summed E-state index contributed by atoms with van der Waals surface area (Å²) in [5, 5.41) is 0.450. The van der Waals surface area contributed by atoms with Crippen molar-refractivity contribution in [1.29, 1.82) is 0 Å². The molecule has 1 amide bonds. The lowest BCUT2D eigenvalue weighted by atomic mass is 10.1. The van der Waals surface area contributed by atoms with Crippen molar-refractivity contribution in [2.24, 2.45) is 5.73 Å². The number of benzene rings is 1. The Bertz CT molecular complexity index is 504. The second-order valence-corrected chi connectivity index (χ2v) is 4.56. The summed E-state index contributed by atoms with van der Waals surface area (Å²) < 4.78 is 4.69. The molecule has 6 heteroatoms. The van der Waals surface area contributed by atoms with E-state index in [2.05, 4.69) is 4.74 Å². The number of nitrogens with zero attached hydrogens (tertiary/aromatic N) is 1. The first-order valence-corrected chi connectivity index (χ1v) is 5.84. The van der Waals surface area contributed by atoms with E-state index in [1.807, 2.05) is 0 Å². The van der Waals surface area contributed by atoms with E-state index < -0.39 is 5.97 Å². The van der Waals surface area contributed by atoms with E-state index in [-0.39, 0.29) is 18.4 Å². The van der Waals surface area contributed by atoms with Crippen molar-refractivity contribution in [3.8, 4) is 0 Å². The van der Waals surface area contributed by atoms with Gasteiger partial charge in [-0.1, -0.05) is 11.6 Å². The first kappa shape index (κ1) is 12.9. The quantitative estimate of drug-likeness (QED) is 0.818. The number of amides is 1. The van der Waals surface area contributed by atoms with Crippen molar-refractivity contribution in [3.05, 3.63) is 28.8 Å². The van der Waals surface area contributed by atoms with Crippen LogP contribution in [0.2, 0.25) is 5.02 Å². The minimum Gasteiger partial charge on any atom is -0.465 e. The molecule has 18 heavy (non-hydrogen) atoms. The maximum absolute atomic E-state index is 11.8. The van der Waals surface area contributed by atoms with Gasteiger partial charge in [-0.25, -0.2) is 4.79 Å². The molecule has 0 bridgehead atoms. The molecule has 0 radical (unpaired) electrons. The summed E-state index contributed by atoms with van der Waals surface area (Å²) in [7, 11) is 1.29. The van der Waals surface area contributed by atoms with Crippen molar-refractivity contribution in [3.63, 3.8) is 0 Å². The molecule has 0 spiro atoms. The van der Waals surface area contributed by atoms with Gasteiger partial charge in [-0.05, 0) is 18.2 Å². The SMILES string of the molecule is COC(=O)c1ccc(Cl)cc1N1CC(N)CC1=O. The van der Waals surface area contributed by atoms with Crippen LogP contribution in [-0.2, 0) is 9.53 Å². The number of rotatable bonds is 2. The Morgan fingerprint density at radius 3 is 2.83 bits per heavy atom. The zero-order valence-corrected chi connectivity index (χ0v) is 10.6. The van der Waals surface area contributed by atoms with Crippen LogP contribution in [0, 0.1) is 0 Å². The highest BCUT2D eigenvalue weighted by Gasteiger charge is 2.31. The first-order valence-electron chi connectivity index (χ1n) is 5.46. The molecule has 0 aromatic heterocycles. The smallest absolute Gasteiger partial charge is 0.339 e. The number of hydrogen-bond donors (Lipinski definition) is 1. The van der Waals surface area contributed by atoms with Gasteiger partial charge in [0, 0.05) is 24.0 Å². The minimum atomic E-state index is -0.505. The maximum atomic E-state index is 11.8. The second kappa shape index (κ2) is 4.96. The summed E-state index contributed by atoms with van der Waals surface area (Å²) >= 11 is 5.91. The fourth-order valence-electron chi connectivity index (χ4n) is 1.98. The molecule has 1 aromatic carbocycles. The average Bonchev–Trinajstić information content (AvgIpc) is 2.67. The van der Waals surface area contributed by atoms with Crippen LogP contribution in [0.1, 0.15) is 16.8 Å². The summed E-state index contributed by atoms with van der Waals surface area (Å²) in [5.74, 6) is -0.621. The molecule has 1 unspecified atom stereocenters. The van der Waals surface area contributed by atoms with Crippen molar-refractivity contribution in [2.45, 2.75) is 12.5 Å². The molecule has 5 nitrogen and oxygen atoms in total. The normalized spacial score (nSPS) is 19.2. The number of carbonyl (C=O) groups is 2. The third-order valence-electron chi connectivity index (χ3n) is 2.81. The van der Waals surface area contributed by atoms with E-state index in [1.54, 1.807) is 18.2 Å². The topological polar surface area (TPSA) is 72.6 Å². The number of hydrogen-bond acceptors (Lipinski definition) is 4. The highest BCUT2D eigenvalue weighted by atomic mass is 35.5. The lowest BCUT2D eigenvalue weighted by Gasteiger charge is -2.19. The Kier molecular flexibility index (Phi) is 3.54. The van der Waals surface area contributed by atoms with Gasteiger partial charge >= 0.3 is 5.97 Å². The van der Waals surface area contributed by atoms with Crippen LogP contribution in [0.4, 0.5) is 5.69 Å². The molecule has 1 saturated heterocycles. The second-order valence-electron chi connectivity index (χ2n) is 4.12. The summed E-state index contributed by atoms with van der Waals surface area (Å²) in [6, 6.07) is 4.48. The number of nitrogens with two attached hydrogens (primary N) is 1. The number of halogens is 1. The third kappa shape index (κ3) is 2.32. The Morgan fingerprint density at radius 1 is 1.56 bits per heavy atom. The molecule has 1 aliphatic heterocycles. The molecule has 96 valence electrons.